The van der Waals surface area contributed by atoms with Crippen molar-refractivity contribution in [3.63, 3.8) is 0 Å². The molecule has 5 aromatic heterocycles. The number of hydrogen-bond donors (Lipinski definition) is 0. The molecule has 7 aromatic carbocycles. The maximum atomic E-state index is 13.5. The Morgan fingerprint density at radius 3 is 1.89 bits per heavy atom. The summed E-state index contributed by atoms with van der Waals surface area (Å²) in [5.74, 6) is 0.553. The van der Waals surface area contributed by atoms with Gasteiger partial charge in [-0.25, -0.2) is 4.98 Å². The van der Waals surface area contributed by atoms with Gasteiger partial charge in [0.1, 0.15) is 28.2 Å². The fraction of sp³-hybridized carbons (Fsp3) is 0. The normalized spacial score (nSPS) is 12.0. The fourth-order valence-corrected chi connectivity index (χ4v) is 8.58. The van der Waals surface area contributed by atoms with E-state index in [4.69, 9.17) is 13.8 Å². The highest BCUT2D eigenvalue weighted by Crippen LogP contribution is 2.40. The molecule has 0 saturated carbocycles. The molecular formula is C50H29N3O3. The average molecular weight is 720 g/mol. The lowest BCUT2D eigenvalue weighted by molar-refractivity contribution is 0.619. The first kappa shape index (κ1) is 30.7. The average Bonchev–Trinajstić information content (AvgIpc) is 3.90. The number of benzene rings is 7. The van der Waals surface area contributed by atoms with Gasteiger partial charge >= 0.3 is 0 Å². The Hall–Kier alpha value is -7.70. The highest BCUT2D eigenvalue weighted by atomic mass is 16.3. The molecule has 262 valence electrons. The predicted molar refractivity (Wildman–Crippen MR) is 227 cm³/mol. The van der Waals surface area contributed by atoms with Gasteiger partial charge in [-0.1, -0.05) is 84.9 Å². The molecule has 0 fully saturated rings. The van der Waals surface area contributed by atoms with Crippen LogP contribution in [0.15, 0.2) is 190 Å². The van der Waals surface area contributed by atoms with E-state index in [1.54, 1.807) is 6.07 Å². The van der Waals surface area contributed by atoms with Crippen LogP contribution in [0.5, 0.6) is 0 Å². The summed E-state index contributed by atoms with van der Waals surface area (Å²) in [6.45, 7) is 0. The highest BCUT2D eigenvalue weighted by molar-refractivity contribution is 6.18. The van der Waals surface area contributed by atoms with Crippen LogP contribution in [0.2, 0.25) is 0 Å². The van der Waals surface area contributed by atoms with Crippen LogP contribution in [-0.4, -0.2) is 14.1 Å². The first-order chi connectivity index (χ1) is 27.7. The molecule has 0 aliphatic heterocycles. The molecule has 0 saturated heterocycles. The second-order valence-corrected chi connectivity index (χ2v) is 14.3. The van der Waals surface area contributed by atoms with Crippen molar-refractivity contribution in [2.75, 3.05) is 0 Å². The van der Waals surface area contributed by atoms with Gasteiger partial charge in [0.2, 0.25) is 0 Å². The Kier molecular flexibility index (Phi) is 6.39. The first-order valence-electron chi connectivity index (χ1n) is 18.6. The number of rotatable bonds is 4. The highest BCUT2D eigenvalue weighted by Gasteiger charge is 2.19. The standard InChI is InChI=1S/C50H29N3O3/c54-45-29-48(31-9-2-1-3-10-31)55-47-23-21-34(26-41(45)47)52-42-14-6-5-12-36(42)38-27-40-39-25-32(18-22-46(39)56-49(40)28-44(38)52)30-16-19-33(20-17-30)53-43-15-7-4-11-35(43)37-13-8-24-51-50(37)53/h1-29H. The molecule has 0 spiro atoms. The zero-order valence-corrected chi connectivity index (χ0v) is 29.8. The van der Waals surface area contributed by atoms with Gasteiger partial charge in [0.25, 0.3) is 0 Å². The van der Waals surface area contributed by atoms with Gasteiger partial charge in [-0.2, -0.15) is 0 Å². The lowest BCUT2D eigenvalue weighted by Crippen LogP contribution is -2.02. The van der Waals surface area contributed by atoms with Gasteiger partial charge in [0, 0.05) is 67.6 Å². The predicted octanol–water partition coefficient (Wildman–Crippen LogP) is 12.6. The number of hydrogen-bond acceptors (Lipinski definition) is 4. The van der Waals surface area contributed by atoms with Crippen molar-refractivity contribution in [3.8, 4) is 33.8 Å². The number of nitrogens with zero attached hydrogens (tertiary/aromatic N) is 3. The summed E-state index contributed by atoms with van der Waals surface area (Å²) >= 11 is 0. The first-order valence-corrected chi connectivity index (χ1v) is 18.6. The molecule has 0 radical (unpaired) electrons. The van der Waals surface area contributed by atoms with Gasteiger partial charge in [0.05, 0.1) is 21.9 Å². The Labute approximate surface area is 318 Å². The maximum Gasteiger partial charge on any atom is 0.193 e. The van der Waals surface area contributed by atoms with Crippen molar-refractivity contribution in [1.82, 2.24) is 14.1 Å². The summed E-state index contributed by atoms with van der Waals surface area (Å²) in [4.78, 5) is 18.3. The zero-order valence-electron chi connectivity index (χ0n) is 29.8. The van der Waals surface area contributed by atoms with Crippen LogP contribution < -0.4 is 5.43 Å². The summed E-state index contributed by atoms with van der Waals surface area (Å²) in [5, 5.41) is 7.21. The van der Waals surface area contributed by atoms with Gasteiger partial charge in [-0.3, -0.25) is 9.36 Å². The Morgan fingerprint density at radius 1 is 0.393 bits per heavy atom. The van der Waals surface area contributed by atoms with E-state index >= 15 is 0 Å². The Morgan fingerprint density at radius 2 is 1.05 bits per heavy atom. The molecule has 0 unspecified atom stereocenters. The van der Waals surface area contributed by atoms with Crippen molar-refractivity contribution in [2.45, 2.75) is 0 Å². The van der Waals surface area contributed by atoms with E-state index in [1.165, 1.54) is 5.39 Å². The number of fused-ring (bicyclic) bond motifs is 10. The van der Waals surface area contributed by atoms with Crippen molar-refractivity contribution >= 4 is 76.6 Å². The summed E-state index contributed by atoms with van der Waals surface area (Å²) in [6, 6.07) is 57.6. The fourth-order valence-electron chi connectivity index (χ4n) is 8.58. The molecule has 6 nitrogen and oxygen atoms in total. The molecule has 0 N–H and O–H groups in total. The third-order valence-electron chi connectivity index (χ3n) is 11.2. The van der Waals surface area contributed by atoms with Crippen molar-refractivity contribution in [1.29, 1.82) is 0 Å². The van der Waals surface area contributed by atoms with E-state index < -0.39 is 0 Å². The summed E-state index contributed by atoms with van der Waals surface area (Å²) in [6.07, 6.45) is 1.85. The second kappa shape index (κ2) is 11.6. The molecule has 0 aliphatic rings. The lowest BCUT2D eigenvalue weighted by atomic mass is 10.0. The number of pyridine rings is 1. The molecular weight excluding hydrogens is 691 g/mol. The molecule has 0 aliphatic carbocycles. The minimum absolute atomic E-state index is 0.0819. The molecule has 0 amide bonds. The third-order valence-corrected chi connectivity index (χ3v) is 11.2. The van der Waals surface area contributed by atoms with Gasteiger partial charge in [0.15, 0.2) is 5.43 Å². The summed E-state index contributed by atoms with van der Waals surface area (Å²) < 4.78 is 17.2. The largest absolute Gasteiger partial charge is 0.456 e. The van der Waals surface area contributed by atoms with E-state index in [0.717, 1.165) is 88.4 Å². The van der Waals surface area contributed by atoms with Crippen LogP contribution in [0.4, 0.5) is 0 Å². The van der Waals surface area contributed by atoms with E-state index in [-0.39, 0.29) is 5.43 Å². The minimum Gasteiger partial charge on any atom is -0.456 e. The zero-order chi connectivity index (χ0) is 36.9. The quantitative estimate of drug-likeness (QED) is 0.182. The monoisotopic (exact) mass is 719 g/mol. The SMILES string of the molecule is O=c1cc(-c2ccccc2)oc2ccc(-n3c4ccccc4c4cc5c(cc43)oc3ccc(-c4ccc(-n6c7ccccc7c7cccnc76)cc4)cc35)cc12. The van der Waals surface area contributed by atoms with Crippen molar-refractivity contribution < 1.29 is 8.83 Å². The van der Waals surface area contributed by atoms with Crippen molar-refractivity contribution in [2.24, 2.45) is 0 Å². The molecule has 0 bridgehead atoms. The minimum atomic E-state index is -0.0819. The van der Waals surface area contributed by atoms with E-state index in [2.05, 4.69) is 112 Å². The molecule has 12 aromatic rings. The maximum absolute atomic E-state index is 13.5. The molecule has 12 rings (SSSR count). The smallest absolute Gasteiger partial charge is 0.193 e. The van der Waals surface area contributed by atoms with Crippen LogP contribution in [-0.2, 0) is 0 Å². The number of para-hydroxylation sites is 2. The molecule has 0 atom stereocenters. The summed E-state index contributed by atoms with van der Waals surface area (Å²) in [5.41, 5.74) is 11.3. The van der Waals surface area contributed by atoms with Gasteiger partial charge in [-0.15, -0.1) is 0 Å². The van der Waals surface area contributed by atoms with Crippen LogP contribution in [0.1, 0.15) is 0 Å². The third kappa shape index (κ3) is 4.50. The van der Waals surface area contributed by atoms with Crippen LogP contribution in [0.3, 0.4) is 0 Å². The van der Waals surface area contributed by atoms with E-state index in [0.29, 0.717) is 16.7 Å². The van der Waals surface area contributed by atoms with Crippen LogP contribution >= 0.6 is 0 Å². The molecule has 6 heteroatoms. The second-order valence-electron chi connectivity index (χ2n) is 14.3. The van der Waals surface area contributed by atoms with Crippen LogP contribution in [0.25, 0.3) is 110 Å². The van der Waals surface area contributed by atoms with Crippen molar-refractivity contribution in [3.05, 3.63) is 186 Å². The lowest BCUT2D eigenvalue weighted by Gasteiger charge is -2.10. The Balaban J connectivity index is 0.975. The summed E-state index contributed by atoms with van der Waals surface area (Å²) in [7, 11) is 0. The topological polar surface area (TPSA) is 66.1 Å². The van der Waals surface area contributed by atoms with Gasteiger partial charge in [-0.05, 0) is 83.9 Å². The molecule has 5 heterocycles. The van der Waals surface area contributed by atoms with Gasteiger partial charge < -0.3 is 13.4 Å². The number of aromatic nitrogens is 3. The number of furan rings is 1. The van der Waals surface area contributed by atoms with E-state index in [9.17, 15) is 4.79 Å². The van der Waals surface area contributed by atoms with Crippen LogP contribution in [0, 0.1) is 0 Å². The Bertz CT molecular complexity index is 3550. The van der Waals surface area contributed by atoms with E-state index in [1.807, 2.05) is 66.9 Å². The molecule has 56 heavy (non-hydrogen) atoms.